The number of primary amides is 1. The van der Waals surface area contributed by atoms with E-state index in [0.29, 0.717) is 25.9 Å². The predicted molar refractivity (Wildman–Crippen MR) is 83.9 cm³/mol. The van der Waals surface area contributed by atoms with Gasteiger partial charge in [0, 0.05) is 19.0 Å². The molecule has 1 aliphatic heterocycles. The third-order valence-corrected chi connectivity index (χ3v) is 3.91. The molecule has 2 amide bonds. The number of likely N-dealkylation sites (tertiary alicyclic amines) is 1. The highest BCUT2D eigenvalue weighted by molar-refractivity contribution is 5.85. The number of halogens is 1. The van der Waals surface area contributed by atoms with Crippen LogP contribution in [-0.2, 0) is 9.59 Å². The van der Waals surface area contributed by atoms with Crippen molar-refractivity contribution in [2.24, 2.45) is 17.4 Å². The van der Waals surface area contributed by atoms with E-state index in [4.69, 9.17) is 11.5 Å². The molecular weight excluding hydrogens is 290 g/mol. The average molecular weight is 312 g/mol. The zero-order valence-electron chi connectivity index (χ0n) is 12.1. The fraction of sp³-hybridized carbons (Fsp3) is 0.467. The van der Waals surface area contributed by atoms with Crippen LogP contribution in [0.4, 0.5) is 0 Å². The smallest absolute Gasteiger partial charge is 0.244 e. The summed E-state index contributed by atoms with van der Waals surface area (Å²) in [5, 5.41) is 0. The number of hydrogen-bond acceptors (Lipinski definition) is 3. The molecule has 0 spiro atoms. The molecule has 0 saturated carbocycles. The second-order valence-electron chi connectivity index (χ2n) is 5.39. The third kappa shape index (κ3) is 4.19. The highest BCUT2D eigenvalue weighted by atomic mass is 35.5. The first-order valence-electron chi connectivity index (χ1n) is 6.89. The van der Waals surface area contributed by atoms with Gasteiger partial charge in [-0.15, -0.1) is 12.4 Å². The van der Waals surface area contributed by atoms with Crippen molar-refractivity contribution in [1.29, 1.82) is 0 Å². The van der Waals surface area contributed by atoms with E-state index < -0.39 is 6.04 Å². The Labute approximate surface area is 131 Å². The van der Waals surface area contributed by atoms with Crippen molar-refractivity contribution in [3.8, 4) is 0 Å². The van der Waals surface area contributed by atoms with Crippen molar-refractivity contribution >= 4 is 24.2 Å². The Balaban J connectivity index is 0.00000220. The van der Waals surface area contributed by atoms with E-state index in [2.05, 4.69) is 0 Å². The standard InChI is InChI=1S/C15H21N3O2.ClH/c1-10-2-4-11(5-3-10)13(16)15(20)18-8-6-12(7-9-18)14(17)19;/h2-5,12-13H,6-9,16H2,1H3,(H2,17,19);1H. The van der Waals surface area contributed by atoms with E-state index in [1.165, 1.54) is 0 Å². The van der Waals surface area contributed by atoms with Gasteiger partial charge in [-0.05, 0) is 25.3 Å². The van der Waals surface area contributed by atoms with Crippen LogP contribution >= 0.6 is 12.4 Å². The van der Waals surface area contributed by atoms with Gasteiger partial charge in [-0.1, -0.05) is 29.8 Å². The van der Waals surface area contributed by atoms with E-state index in [9.17, 15) is 9.59 Å². The first-order chi connectivity index (χ1) is 9.49. The fourth-order valence-electron chi connectivity index (χ4n) is 2.50. The third-order valence-electron chi connectivity index (χ3n) is 3.91. The number of carbonyl (C=O) groups is 2. The molecule has 1 aliphatic rings. The molecule has 1 unspecified atom stereocenters. The minimum absolute atomic E-state index is 0. The van der Waals surface area contributed by atoms with Gasteiger partial charge in [-0.2, -0.15) is 0 Å². The van der Waals surface area contributed by atoms with Gasteiger partial charge < -0.3 is 16.4 Å². The molecule has 1 saturated heterocycles. The van der Waals surface area contributed by atoms with Crippen molar-refractivity contribution in [2.75, 3.05) is 13.1 Å². The topological polar surface area (TPSA) is 89.4 Å². The first-order valence-corrected chi connectivity index (χ1v) is 6.89. The molecule has 1 atom stereocenters. The highest BCUT2D eigenvalue weighted by Crippen LogP contribution is 2.20. The van der Waals surface area contributed by atoms with Gasteiger partial charge >= 0.3 is 0 Å². The van der Waals surface area contributed by atoms with Gasteiger partial charge in [0.25, 0.3) is 0 Å². The number of rotatable bonds is 3. The molecule has 1 aromatic carbocycles. The summed E-state index contributed by atoms with van der Waals surface area (Å²) < 4.78 is 0. The Bertz CT molecular complexity index is 496. The van der Waals surface area contributed by atoms with Gasteiger partial charge in [0.15, 0.2) is 0 Å². The Morgan fingerprint density at radius 1 is 1.19 bits per heavy atom. The maximum absolute atomic E-state index is 12.3. The fourth-order valence-corrected chi connectivity index (χ4v) is 2.50. The second-order valence-corrected chi connectivity index (χ2v) is 5.39. The van der Waals surface area contributed by atoms with Crippen LogP contribution in [0.1, 0.15) is 30.0 Å². The Hall–Kier alpha value is -1.59. The Morgan fingerprint density at radius 3 is 2.19 bits per heavy atom. The van der Waals surface area contributed by atoms with Crippen molar-refractivity contribution < 1.29 is 9.59 Å². The largest absolute Gasteiger partial charge is 0.369 e. The van der Waals surface area contributed by atoms with Crippen molar-refractivity contribution in [2.45, 2.75) is 25.8 Å². The van der Waals surface area contributed by atoms with Crippen LogP contribution in [0.25, 0.3) is 0 Å². The predicted octanol–water partition coefficient (Wildman–Crippen LogP) is 1.14. The summed E-state index contributed by atoms with van der Waals surface area (Å²) in [6.07, 6.45) is 1.25. The van der Waals surface area contributed by atoms with Gasteiger partial charge in [0.2, 0.25) is 11.8 Å². The van der Waals surface area contributed by atoms with E-state index in [-0.39, 0.29) is 30.1 Å². The van der Waals surface area contributed by atoms with Crippen LogP contribution in [0, 0.1) is 12.8 Å². The molecule has 2 rings (SSSR count). The summed E-state index contributed by atoms with van der Waals surface area (Å²) in [5.41, 5.74) is 13.3. The second kappa shape index (κ2) is 7.43. The van der Waals surface area contributed by atoms with Crippen LogP contribution in [-0.4, -0.2) is 29.8 Å². The number of nitrogens with two attached hydrogens (primary N) is 2. The molecule has 116 valence electrons. The minimum atomic E-state index is -0.638. The molecule has 1 heterocycles. The summed E-state index contributed by atoms with van der Waals surface area (Å²) in [4.78, 5) is 25.2. The number of aryl methyl sites for hydroxylation is 1. The summed E-state index contributed by atoms with van der Waals surface area (Å²) in [6.45, 7) is 3.09. The SMILES string of the molecule is Cc1ccc(C(N)C(=O)N2CCC(C(N)=O)CC2)cc1.Cl. The number of carbonyl (C=O) groups excluding carboxylic acids is 2. The van der Waals surface area contributed by atoms with Crippen LogP contribution < -0.4 is 11.5 Å². The van der Waals surface area contributed by atoms with Crippen molar-refractivity contribution in [3.05, 3.63) is 35.4 Å². The lowest BCUT2D eigenvalue weighted by atomic mass is 9.95. The van der Waals surface area contributed by atoms with Crippen LogP contribution in [0.15, 0.2) is 24.3 Å². The van der Waals surface area contributed by atoms with Crippen LogP contribution in [0.3, 0.4) is 0 Å². The lowest BCUT2D eigenvalue weighted by Crippen LogP contribution is -2.45. The lowest BCUT2D eigenvalue weighted by molar-refractivity contribution is -0.136. The van der Waals surface area contributed by atoms with E-state index in [1.807, 2.05) is 31.2 Å². The monoisotopic (exact) mass is 311 g/mol. The van der Waals surface area contributed by atoms with E-state index in [1.54, 1.807) is 4.90 Å². The molecule has 1 aromatic rings. The van der Waals surface area contributed by atoms with Gasteiger partial charge in [-0.3, -0.25) is 9.59 Å². The molecule has 0 radical (unpaired) electrons. The van der Waals surface area contributed by atoms with Gasteiger partial charge in [-0.25, -0.2) is 0 Å². The minimum Gasteiger partial charge on any atom is -0.369 e. The molecule has 4 N–H and O–H groups in total. The van der Waals surface area contributed by atoms with Gasteiger partial charge in [0.05, 0.1) is 0 Å². The zero-order valence-corrected chi connectivity index (χ0v) is 12.9. The zero-order chi connectivity index (χ0) is 14.7. The number of benzene rings is 1. The molecule has 5 nitrogen and oxygen atoms in total. The Kier molecular flexibility index (Phi) is 6.18. The van der Waals surface area contributed by atoms with Crippen LogP contribution in [0.2, 0.25) is 0 Å². The molecule has 0 bridgehead atoms. The summed E-state index contributed by atoms with van der Waals surface area (Å²) in [5.74, 6) is -0.480. The summed E-state index contributed by atoms with van der Waals surface area (Å²) in [6, 6.07) is 7.02. The maximum atomic E-state index is 12.3. The van der Waals surface area contributed by atoms with E-state index in [0.717, 1.165) is 11.1 Å². The summed E-state index contributed by atoms with van der Waals surface area (Å²) in [7, 11) is 0. The van der Waals surface area contributed by atoms with Crippen molar-refractivity contribution in [3.63, 3.8) is 0 Å². The van der Waals surface area contributed by atoms with Gasteiger partial charge in [0.1, 0.15) is 6.04 Å². The first kappa shape index (κ1) is 17.5. The highest BCUT2D eigenvalue weighted by Gasteiger charge is 2.28. The number of piperidine rings is 1. The molecule has 21 heavy (non-hydrogen) atoms. The quantitative estimate of drug-likeness (QED) is 0.877. The summed E-state index contributed by atoms with van der Waals surface area (Å²) >= 11 is 0. The normalized spacial score (nSPS) is 17.0. The Morgan fingerprint density at radius 2 is 1.71 bits per heavy atom. The van der Waals surface area contributed by atoms with E-state index >= 15 is 0 Å². The number of nitrogens with zero attached hydrogens (tertiary/aromatic N) is 1. The lowest BCUT2D eigenvalue weighted by Gasteiger charge is -2.32. The number of amides is 2. The molecule has 0 aromatic heterocycles. The number of hydrogen-bond donors (Lipinski definition) is 2. The maximum Gasteiger partial charge on any atom is 0.244 e. The van der Waals surface area contributed by atoms with Crippen LogP contribution in [0.5, 0.6) is 0 Å². The molecular formula is C15H22ClN3O2. The van der Waals surface area contributed by atoms with Crippen molar-refractivity contribution in [1.82, 2.24) is 4.90 Å². The molecule has 6 heteroatoms. The average Bonchev–Trinajstić information content (AvgIpc) is 2.46. The molecule has 0 aliphatic carbocycles. The molecule has 1 fully saturated rings.